The molecule has 0 aromatic heterocycles. The highest BCUT2D eigenvalue weighted by atomic mass is 19.1. The fraction of sp³-hybridized carbons (Fsp3) is 0.227. The highest BCUT2D eigenvalue weighted by molar-refractivity contribution is 6.00. The van der Waals surface area contributed by atoms with Crippen LogP contribution >= 0.6 is 0 Å². The van der Waals surface area contributed by atoms with E-state index in [1.165, 1.54) is 36.4 Å². The van der Waals surface area contributed by atoms with E-state index < -0.39 is 47.0 Å². The minimum Gasteiger partial charge on any atom is -0.488 e. The maximum atomic E-state index is 13.9. The van der Waals surface area contributed by atoms with Crippen LogP contribution in [0.15, 0.2) is 67.0 Å². The van der Waals surface area contributed by atoms with Crippen molar-refractivity contribution < 1.29 is 39.5 Å². The number of rotatable bonds is 4. The van der Waals surface area contributed by atoms with Crippen LogP contribution < -0.4 is 10.1 Å². The van der Waals surface area contributed by atoms with Gasteiger partial charge in [0.25, 0.3) is 17.5 Å². The molecule has 2 heterocycles. The van der Waals surface area contributed by atoms with Crippen molar-refractivity contribution in [2.24, 2.45) is 0 Å². The van der Waals surface area contributed by atoms with Gasteiger partial charge < -0.3 is 35.6 Å². The van der Waals surface area contributed by atoms with Gasteiger partial charge in [-0.3, -0.25) is 9.69 Å². The Balaban J connectivity index is 1.69. The van der Waals surface area contributed by atoms with Crippen LogP contribution in [-0.2, 0) is 13.2 Å². The summed E-state index contributed by atoms with van der Waals surface area (Å²) in [6.45, 7) is 6.24. The summed E-state index contributed by atoms with van der Waals surface area (Å²) in [5.74, 6) is -8.24. The number of nitrogens with one attached hydrogen (secondary N) is 1. The predicted octanol–water partition coefficient (Wildman–Crippen LogP) is 0.0415. The molecule has 1 fully saturated rings. The quantitative estimate of drug-likeness (QED) is 0.363. The van der Waals surface area contributed by atoms with E-state index in [0.29, 0.717) is 4.90 Å². The number of fused-ring (bicyclic) bond motifs is 1. The number of piperidine rings is 1. The molecular weight excluding hydrogens is 423 g/mol. The maximum absolute atomic E-state index is 13.9. The van der Waals surface area contributed by atoms with Gasteiger partial charge in [-0.05, 0) is 18.2 Å². The van der Waals surface area contributed by atoms with Gasteiger partial charge in [0.15, 0.2) is 0 Å². The molecule has 1 atom stereocenters. The van der Waals surface area contributed by atoms with Gasteiger partial charge in [0.1, 0.15) is 18.2 Å². The first-order chi connectivity index (χ1) is 14.9. The number of benzene rings is 2. The summed E-state index contributed by atoms with van der Waals surface area (Å²) in [6.07, 6.45) is 0. The number of nitrogens with zero attached hydrogens (tertiary/aromatic N) is 1. The van der Waals surface area contributed by atoms with Crippen LogP contribution in [0.1, 0.15) is 21.5 Å². The zero-order chi connectivity index (χ0) is 23.5. The molecule has 2 aliphatic rings. The average Bonchev–Trinajstić information content (AvgIpc) is 3.09. The van der Waals surface area contributed by atoms with Gasteiger partial charge in [0.05, 0.1) is 17.9 Å². The second-order valence-electron chi connectivity index (χ2n) is 7.65. The van der Waals surface area contributed by atoms with Crippen molar-refractivity contribution in [3.8, 4) is 5.75 Å². The van der Waals surface area contributed by atoms with Gasteiger partial charge in [-0.25, -0.2) is 4.39 Å². The van der Waals surface area contributed by atoms with Crippen molar-refractivity contribution in [2.45, 2.75) is 30.5 Å². The summed E-state index contributed by atoms with van der Waals surface area (Å²) < 4.78 is 19.6. The number of hydrogen-bond acceptors (Lipinski definition) is 8. The lowest BCUT2D eigenvalue weighted by molar-refractivity contribution is -0.416. The smallest absolute Gasteiger partial charge is 0.280 e. The molecule has 0 aliphatic carbocycles. The Morgan fingerprint density at radius 3 is 2.41 bits per heavy atom. The van der Waals surface area contributed by atoms with E-state index in [1.54, 1.807) is 6.07 Å². The number of amides is 1. The fourth-order valence-corrected chi connectivity index (χ4v) is 3.84. The van der Waals surface area contributed by atoms with Gasteiger partial charge in [-0.1, -0.05) is 37.4 Å². The van der Waals surface area contributed by atoms with Crippen molar-refractivity contribution >= 4 is 5.91 Å². The summed E-state index contributed by atoms with van der Waals surface area (Å²) >= 11 is 0. The number of ether oxygens (including phenoxy) is 1. The van der Waals surface area contributed by atoms with Crippen LogP contribution in [-0.4, -0.2) is 53.6 Å². The lowest BCUT2D eigenvalue weighted by Crippen LogP contribution is -2.79. The molecule has 1 saturated heterocycles. The second-order valence-corrected chi connectivity index (χ2v) is 7.65. The Hall–Kier alpha value is -3.28. The molecule has 2 aliphatic heterocycles. The van der Waals surface area contributed by atoms with Crippen molar-refractivity contribution in [3.63, 3.8) is 0 Å². The van der Waals surface area contributed by atoms with Crippen LogP contribution in [0, 0.1) is 5.82 Å². The van der Waals surface area contributed by atoms with Gasteiger partial charge in [-0.15, -0.1) is 0 Å². The molecule has 1 amide bonds. The number of carbonyl (C=O) groups is 1. The molecule has 0 radical (unpaired) electrons. The van der Waals surface area contributed by atoms with Crippen LogP contribution in [0.2, 0.25) is 0 Å². The third-order valence-corrected chi connectivity index (χ3v) is 5.77. The van der Waals surface area contributed by atoms with Gasteiger partial charge in [0, 0.05) is 16.7 Å². The number of hydrogen-bond donors (Lipinski definition) is 6. The molecule has 2 aromatic rings. The molecule has 10 heteroatoms. The topological polar surface area (TPSA) is 143 Å². The van der Waals surface area contributed by atoms with Crippen molar-refractivity contribution in [1.82, 2.24) is 10.2 Å². The summed E-state index contributed by atoms with van der Waals surface area (Å²) in [5.41, 5.74) is -3.60. The summed E-state index contributed by atoms with van der Waals surface area (Å²) in [5, 5.41) is 54.9. The summed E-state index contributed by atoms with van der Waals surface area (Å²) in [4.78, 5) is 13.7. The molecular formula is C22H21FN2O7. The molecule has 0 saturated carbocycles. The highest BCUT2D eigenvalue weighted by Gasteiger charge is 2.71. The Bertz CT molecular complexity index is 1150. The zero-order valence-corrected chi connectivity index (χ0v) is 16.7. The number of aliphatic hydroxyl groups is 5. The third-order valence-electron chi connectivity index (χ3n) is 5.77. The molecule has 0 spiro atoms. The van der Waals surface area contributed by atoms with Crippen molar-refractivity contribution in [2.75, 3.05) is 0 Å². The fourth-order valence-electron chi connectivity index (χ4n) is 3.84. The van der Waals surface area contributed by atoms with Crippen LogP contribution in [0.5, 0.6) is 5.75 Å². The van der Waals surface area contributed by atoms with E-state index in [1.807, 2.05) is 0 Å². The van der Waals surface area contributed by atoms with E-state index in [2.05, 4.69) is 18.5 Å². The maximum Gasteiger partial charge on any atom is 0.280 e. The molecule has 32 heavy (non-hydrogen) atoms. The Kier molecular flexibility index (Phi) is 4.88. The Morgan fingerprint density at radius 1 is 1.03 bits per heavy atom. The zero-order valence-electron chi connectivity index (χ0n) is 16.7. The number of carbonyl (C=O) groups excluding carboxylic acids is 1. The average molecular weight is 444 g/mol. The number of halogens is 1. The SMILES string of the molecule is C=C1NC(=C)C(O)(N2Cc3c(OCc4ccccc4F)cccc3C2=O)C(O)(O)C1(O)O. The largest absolute Gasteiger partial charge is 0.488 e. The molecule has 168 valence electrons. The van der Waals surface area contributed by atoms with Crippen LogP contribution in [0.3, 0.4) is 0 Å². The molecule has 6 N–H and O–H groups in total. The molecule has 0 bridgehead atoms. The van der Waals surface area contributed by atoms with Gasteiger partial charge in [0.2, 0.25) is 5.72 Å². The monoisotopic (exact) mass is 444 g/mol. The minimum absolute atomic E-state index is 0.0685. The minimum atomic E-state index is -3.69. The third kappa shape index (κ3) is 2.85. The first-order valence-electron chi connectivity index (χ1n) is 9.50. The second kappa shape index (κ2) is 7.12. The van der Waals surface area contributed by atoms with Crippen molar-refractivity contribution in [3.05, 3.63) is 89.5 Å². The standard InChI is InChI=1S/C22H21FN2O7/c1-12-20(27,22(30,31)21(28,29)13(2)24-12)25-10-16-15(19(25)26)7-5-9-18(16)32-11-14-6-3-4-8-17(14)23/h3-9,24,27-31H,1-2,10-11H2. The lowest BCUT2D eigenvalue weighted by Gasteiger charge is -2.54. The Labute approximate surface area is 181 Å². The van der Waals surface area contributed by atoms with E-state index in [-0.39, 0.29) is 29.0 Å². The lowest BCUT2D eigenvalue weighted by atomic mass is 9.84. The first kappa shape index (κ1) is 21.9. The van der Waals surface area contributed by atoms with E-state index in [9.17, 15) is 34.7 Å². The first-order valence-corrected chi connectivity index (χ1v) is 9.50. The molecule has 4 rings (SSSR count). The molecule has 9 nitrogen and oxygen atoms in total. The van der Waals surface area contributed by atoms with Gasteiger partial charge in [-0.2, -0.15) is 0 Å². The van der Waals surface area contributed by atoms with Crippen LogP contribution in [0.4, 0.5) is 4.39 Å². The van der Waals surface area contributed by atoms with E-state index in [4.69, 9.17) is 4.74 Å². The van der Waals surface area contributed by atoms with E-state index in [0.717, 1.165) is 0 Å². The van der Waals surface area contributed by atoms with Crippen molar-refractivity contribution in [1.29, 1.82) is 0 Å². The normalized spacial score (nSPS) is 23.7. The summed E-state index contributed by atoms with van der Waals surface area (Å²) in [6, 6.07) is 10.5. The Morgan fingerprint density at radius 2 is 1.72 bits per heavy atom. The predicted molar refractivity (Wildman–Crippen MR) is 108 cm³/mol. The van der Waals surface area contributed by atoms with Gasteiger partial charge >= 0.3 is 0 Å². The van der Waals surface area contributed by atoms with E-state index >= 15 is 0 Å². The molecule has 2 aromatic carbocycles. The molecule has 1 unspecified atom stereocenters. The van der Waals surface area contributed by atoms with Crippen LogP contribution in [0.25, 0.3) is 0 Å². The highest BCUT2D eigenvalue weighted by Crippen LogP contribution is 2.46. The summed E-state index contributed by atoms with van der Waals surface area (Å²) in [7, 11) is 0.